The van der Waals surface area contributed by atoms with Gasteiger partial charge in [-0.15, -0.1) is 24.0 Å². The third kappa shape index (κ3) is 6.78. The molecule has 0 bridgehead atoms. The second-order valence-corrected chi connectivity index (χ2v) is 5.32. The lowest BCUT2D eigenvalue weighted by molar-refractivity contribution is 0.412. The van der Waals surface area contributed by atoms with Crippen molar-refractivity contribution in [1.29, 1.82) is 0 Å². The maximum atomic E-state index is 5.21. The van der Waals surface area contributed by atoms with Crippen molar-refractivity contribution in [2.45, 2.75) is 33.4 Å². The molecule has 0 aliphatic rings. The molecule has 0 saturated carbocycles. The number of aliphatic imine (C=N–C) groups is 1. The van der Waals surface area contributed by atoms with Crippen LogP contribution in [0, 0.1) is 0 Å². The highest BCUT2D eigenvalue weighted by Crippen LogP contribution is 2.25. The third-order valence-electron chi connectivity index (χ3n) is 2.41. The Hall–Kier alpha value is -0.500. The van der Waals surface area contributed by atoms with E-state index in [1.165, 1.54) is 0 Å². The van der Waals surface area contributed by atoms with Gasteiger partial charge in [0.05, 0.1) is 18.1 Å². The van der Waals surface area contributed by atoms with Crippen LogP contribution in [0.15, 0.2) is 27.7 Å². The van der Waals surface area contributed by atoms with Gasteiger partial charge in [-0.2, -0.15) is 0 Å². The van der Waals surface area contributed by atoms with Crippen LogP contribution in [-0.4, -0.2) is 25.7 Å². The normalized spacial score (nSPS) is 11.0. The zero-order valence-corrected chi connectivity index (χ0v) is 16.3. The van der Waals surface area contributed by atoms with Crippen molar-refractivity contribution in [1.82, 2.24) is 10.6 Å². The summed E-state index contributed by atoms with van der Waals surface area (Å²) in [6.45, 7) is 7.73. The van der Waals surface area contributed by atoms with Gasteiger partial charge in [0.2, 0.25) is 0 Å². The Kier molecular flexibility index (Phi) is 10.0. The number of benzene rings is 1. The summed E-state index contributed by atoms with van der Waals surface area (Å²) in [4.78, 5) is 4.55. The minimum absolute atomic E-state index is 0. The van der Waals surface area contributed by atoms with E-state index in [0.29, 0.717) is 12.6 Å². The summed E-state index contributed by atoms with van der Waals surface area (Å²) in [5.41, 5.74) is 1.13. The average molecular weight is 456 g/mol. The Morgan fingerprint density at radius 3 is 2.60 bits per heavy atom. The Bertz CT molecular complexity index is 438. The summed E-state index contributed by atoms with van der Waals surface area (Å²) in [5.74, 6) is 1.67. The highest BCUT2D eigenvalue weighted by molar-refractivity contribution is 14.0. The molecule has 0 aliphatic heterocycles. The van der Waals surface area contributed by atoms with Crippen molar-refractivity contribution in [3.05, 3.63) is 28.2 Å². The summed E-state index contributed by atoms with van der Waals surface area (Å²) < 4.78 is 6.16. The monoisotopic (exact) mass is 455 g/mol. The quantitative estimate of drug-likeness (QED) is 0.405. The van der Waals surface area contributed by atoms with E-state index in [-0.39, 0.29) is 24.0 Å². The molecule has 2 N–H and O–H groups in total. The summed E-state index contributed by atoms with van der Waals surface area (Å²) in [6, 6.07) is 6.35. The van der Waals surface area contributed by atoms with Crippen molar-refractivity contribution in [3.63, 3.8) is 0 Å². The van der Waals surface area contributed by atoms with E-state index in [1.54, 1.807) is 7.11 Å². The number of ether oxygens (including phenoxy) is 1. The average Bonchev–Trinajstić information content (AvgIpc) is 2.36. The van der Waals surface area contributed by atoms with E-state index >= 15 is 0 Å². The summed E-state index contributed by atoms with van der Waals surface area (Å²) in [7, 11) is 1.66. The lowest BCUT2D eigenvalue weighted by Crippen LogP contribution is -2.40. The number of guanidine groups is 1. The lowest BCUT2D eigenvalue weighted by atomic mass is 10.2. The van der Waals surface area contributed by atoms with Crippen LogP contribution in [0.5, 0.6) is 5.75 Å². The first-order valence-electron chi connectivity index (χ1n) is 6.44. The molecule has 1 aromatic rings. The van der Waals surface area contributed by atoms with Gasteiger partial charge in [-0.3, -0.25) is 0 Å². The van der Waals surface area contributed by atoms with Crippen LogP contribution in [0.4, 0.5) is 0 Å². The van der Waals surface area contributed by atoms with Gasteiger partial charge in [0, 0.05) is 12.6 Å². The van der Waals surface area contributed by atoms with Gasteiger partial charge in [0.1, 0.15) is 5.75 Å². The third-order valence-corrected chi connectivity index (χ3v) is 3.03. The molecule has 0 unspecified atom stereocenters. The number of hydrogen-bond acceptors (Lipinski definition) is 2. The zero-order valence-electron chi connectivity index (χ0n) is 12.4. The van der Waals surface area contributed by atoms with Crippen molar-refractivity contribution < 1.29 is 4.74 Å². The van der Waals surface area contributed by atoms with E-state index in [0.717, 1.165) is 28.3 Å². The molecule has 0 aliphatic carbocycles. The Balaban J connectivity index is 0.00000361. The van der Waals surface area contributed by atoms with E-state index in [1.807, 2.05) is 18.2 Å². The first-order valence-corrected chi connectivity index (χ1v) is 7.23. The van der Waals surface area contributed by atoms with Crippen LogP contribution in [0.1, 0.15) is 26.3 Å². The van der Waals surface area contributed by atoms with Gasteiger partial charge < -0.3 is 15.4 Å². The van der Waals surface area contributed by atoms with Crippen molar-refractivity contribution >= 4 is 45.9 Å². The standard InChI is InChI=1S/C14H22BrN3O.HI/c1-5-16-14(18-10(2)3)17-9-11-6-7-13(19-4)12(15)8-11;/h6-8,10H,5,9H2,1-4H3,(H2,16,17,18);1H. The van der Waals surface area contributed by atoms with Crippen LogP contribution in [0.25, 0.3) is 0 Å². The SMILES string of the molecule is CCNC(=NCc1ccc(OC)c(Br)c1)NC(C)C.I. The van der Waals surface area contributed by atoms with Crippen molar-refractivity contribution in [2.75, 3.05) is 13.7 Å². The zero-order chi connectivity index (χ0) is 14.3. The number of nitrogens with zero attached hydrogens (tertiary/aromatic N) is 1. The first kappa shape index (κ1) is 19.5. The van der Waals surface area contributed by atoms with Crippen LogP contribution in [0.3, 0.4) is 0 Å². The van der Waals surface area contributed by atoms with Gasteiger partial charge >= 0.3 is 0 Å². The number of methoxy groups -OCH3 is 1. The fraction of sp³-hybridized carbons (Fsp3) is 0.500. The molecular formula is C14H23BrIN3O. The molecular weight excluding hydrogens is 433 g/mol. The molecule has 0 radical (unpaired) electrons. The fourth-order valence-corrected chi connectivity index (χ4v) is 2.16. The molecule has 0 saturated heterocycles. The summed E-state index contributed by atoms with van der Waals surface area (Å²) in [6.07, 6.45) is 0. The van der Waals surface area contributed by atoms with Gasteiger partial charge in [-0.1, -0.05) is 6.07 Å². The molecule has 0 aromatic heterocycles. The van der Waals surface area contributed by atoms with Crippen LogP contribution in [0.2, 0.25) is 0 Å². The molecule has 0 spiro atoms. The largest absolute Gasteiger partial charge is 0.496 e. The molecule has 1 aromatic carbocycles. The van der Waals surface area contributed by atoms with E-state index in [9.17, 15) is 0 Å². The van der Waals surface area contributed by atoms with Gasteiger partial charge in [-0.05, 0) is 54.4 Å². The van der Waals surface area contributed by atoms with Gasteiger partial charge in [0.15, 0.2) is 5.96 Å². The van der Waals surface area contributed by atoms with Crippen molar-refractivity contribution in [3.8, 4) is 5.75 Å². The van der Waals surface area contributed by atoms with Crippen LogP contribution < -0.4 is 15.4 Å². The van der Waals surface area contributed by atoms with Crippen LogP contribution in [-0.2, 0) is 6.54 Å². The second-order valence-electron chi connectivity index (χ2n) is 4.46. The summed E-state index contributed by atoms with van der Waals surface area (Å²) >= 11 is 3.48. The highest BCUT2D eigenvalue weighted by Gasteiger charge is 2.02. The smallest absolute Gasteiger partial charge is 0.191 e. The number of nitrogens with one attached hydrogen (secondary N) is 2. The molecule has 1 rings (SSSR count). The Labute approximate surface area is 146 Å². The highest BCUT2D eigenvalue weighted by atomic mass is 127. The topological polar surface area (TPSA) is 45.7 Å². The predicted molar refractivity (Wildman–Crippen MR) is 99.2 cm³/mol. The number of rotatable bonds is 5. The maximum Gasteiger partial charge on any atom is 0.191 e. The van der Waals surface area contributed by atoms with E-state index in [2.05, 4.69) is 52.3 Å². The molecule has 4 nitrogen and oxygen atoms in total. The second kappa shape index (κ2) is 10.3. The van der Waals surface area contributed by atoms with Crippen LogP contribution >= 0.6 is 39.9 Å². The number of hydrogen-bond donors (Lipinski definition) is 2. The van der Waals surface area contributed by atoms with Crippen molar-refractivity contribution in [2.24, 2.45) is 4.99 Å². The fourth-order valence-electron chi connectivity index (χ4n) is 1.57. The molecule has 20 heavy (non-hydrogen) atoms. The number of halogens is 2. The van der Waals surface area contributed by atoms with Gasteiger partial charge in [-0.25, -0.2) is 4.99 Å². The lowest BCUT2D eigenvalue weighted by Gasteiger charge is -2.14. The molecule has 114 valence electrons. The minimum atomic E-state index is 0. The molecule has 6 heteroatoms. The predicted octanol–water partition coefficient (Wildman–Crippen LogP) is 3.54. The Morgan fingerprint density at radius 1 is 1.40 bits per heavy atom. The molecule has 0 atom stereocenters. The van der Waals surface area contributed by atoms with E-state index < -0.39 is 0 Å². The molecule has 0 heterocycles. The maximum absolute atomic E-state index is 5.21. The molecule has 0 fully saturated rings. The first-order chi connectivity index (χ1) is 9.06. The Morgan fingerprint density at radius 2 is 2.10 bits per heavy atom. The minimum Gasteiger partial charge on any atom is -0.496 e. The molecule has 0 amide bonds. The van der Waals surface area contributed by atoms with E-state index in [4.69, 9.17) is 4.74 Å². The summed E-state index contributed by atoms with van der Waals surface area (Å²) in [5, 5.41) is 6.51. The van der Waals surface area contributed by atoms with Gasteiger partial charge in [0.25, 0.3) is 0 Å².